The molecule has 5 rings (SSSR count). The average molecular weight is 536 g/mol. The normalized spacial score (nSPS) is 20.8. The van der Waals surface area contributed by atoms with Gasteiger partial charge in [-0.15, -0.1) is 0 Å². The van der Waals surface area contributed by atoms with Crippen LogP contribution >= 0.6 is 11.6 Å². The van der Waals surface area contributed by atoms with E-state index in [9.17, 15) is 14.4 Å². The van der Waals surface area contributed by atoms with Gasteiger partial charge < -0.3 is 20.4 Å². The molecule has 0 saturated carbocycles. The van der Waals surface area contributed by atoms with E-state index in [-0.39, 0.29) is 24.4 Å². The van der Waals surface area contributed by atoms with E-state index in [0.717, 1.165) is 30.8 Å². The SMILES string of the molecule is CN1C(=O)NC(c2ccc(Cl)cc2)C2=C1CN(C(Cc1ccccc1)C(=O)NCCN1CCCCC1)C2=O. The van der Waals surface area contributed by atoms with Gasteiger partial charge in [0.2, 0.25) is 5.91 Å². The molecular weight excluding hydrogens is 502 g/mol. The third-order valence-electron chi connectivity index (χ3n) is 7.72. The molecule has 2 N–H and O–H groups in total. The predicted octanol–water partition coefficient (Wildman–Crippen LogP) is 3.35. The number of amides is 4. The largest absolute Gasteiger partial charge is 0.353 e. The van der Waals surface area contributed by atoms with E-state index in [1.54, 1.807) is 24.1 Å². The number of benzene rings is 2. The first-order valence-electron chi connectivity index (χ1n) is 13.3. The highest BCUT2D eigenvalue weighted by Gasteiger charge is 2.46. The van der Waals surface area contributed by atoms with Crippen molar-refractivity contribution in [3.63, 3.8) is 0 Å². The number of urea groups is 1. The fraction of sp³-hybridized carbons (Fsp3) is 0.414. The van der Waals surface area contributed by atoms with Gasteiger partial charge in [0.25, 0.3) is 5.91 Å². The molecule has 3 aliphatic rings. The third kappa shape index (κ3) is 5.56. The molecule has 0 spiro atoms. The lowest BCUT2D eigenvalue weighted by Gasteiger charge is -2.31. The van der Waals surface area contributed by atoms with E-state index in [1.807, 2.05) is 42.5 Å². The van der Waals surface area contributed by atoms with Crippen molar-refractivity contribution in [3.05, 3.63) is 82.0 Å². The van der Waals surface area contributed by atoms with Crippen LogP contribution in [0.25, 0.3) is 0 Å². The van der Waals surface area contributed by atoms with E-state index < -0.39 is 12.1 Å². The van der Waals surface area contributed by atoms with Gasteiger partial charge in [-0.1, -0.05) is 60.5 Å². The number of hydrogen-bond donors (Lipinski definition) is 2. The molecule has 200 valence electrons. The second-order valence-electron chi connectivity index (χ2n) is 10.2. The summed E-state index contributed by atoms with van der Waals surface area (Å²) in [5.41, 5.74) is 2.86. The highest BCUT2D eigenvalue weighted by atomic mass is 35.5. The minimum atomic E-state index is -0.703. The molecule has 2 aromatic carbocycles. The maximum Gasteiger partial charge on any atom is 0.322 e. The van der Waals surface area contributed by atoms with Crippen molar-refractivity contribution >= 4 is 29.4 Å². The zero-order valence-electron chi connectivity index (χ0n) is 21.7. The van der Waals surface area contributed by atoms with Gasteiger partial charge in [-0.3, -0.25) is 14.5 Å². The van der Waals surface area contributed by atoms with Crippen molar-refractivity contribution < 1.29 is 14.4 Å². The van der Waals surface area contributed by atoms with Crippen LogP contribution < -0.4 is 10.6 Å². The molecule has 8 nitrogen and oxygen atoms in total. The highest BCUT2D eigenvalue weighted by molar-refractivity contribution is 6.30. The van der Waals surface area contributed by atoms with E-state index in [0.29, 0.717) is 29.3 Å². The van der Waals surface area contributed by atoms with Crippen molar-refractivity contribution in [2.24, 2.45) is 0 Å². The summed E-state index contributed by atoms with van der Waals surface area (Å²) < 4.78 is 0. The van der Waals surface area contributed by atoms with Gasteiger partial charge >= 0.3 is 6.03 Å². The molecule has 0 bridgehead atoms. The van der Waals surface area contributed by atoms with Gasteiger partial charge in [-0.2, -0.15) is 0 Å². The van der Waals surface area contributed by atoms with Crippen LogP contribution in [-0.2, 0) is 16.0 Å². The Morgan fingerprint density at radius 1 is 1.05 bits per heavy atom. The molecule has 3 heterocycles. The summed E-state index contributed by atoms with van der Waals surface area (Å²) in [7, 11) is 1.66. The Morgan fingerprint density at radius 3 is 2.47 bits per heavy atom. The summed E-state index contributed by atoms with van der Waals surface area (Å²) >= 11 is 6.08. The zero-order chi connectivity index (χ0) is 26.6. The molecule has 38 heavy (non-hydrogen) atoms. The predicted molar refractivity (Wildman–Crippen MR) is 146 cm³/mol. The maximum absolute atomic E-state index is 14.0. The molecular formula is C29H34ClN5O3. The summed E-state index contributed by atoms with van der Waals surface area (Å²) in [6, 6.07) is 15.2. The van der Waals surface area contributed by atoms with E-state index in [1.165, 1.54) is 24.2 Å². The lowest BCUT2D eigenvalue weighted by molar-refractivity contribution is -0.136. The van der Waals surface area contributed by atoms with Gasteiger partial charge in [0.1, 0.15) is 6.04 Å². The number of likely N-dealkylation sites (N-methyl/N-ethyl adjacent to an activating group) is 1. The Morgan fingerprint density at radius 2 is 1.76 bits per heavy atom. The lowest BCUT2D eigenvalue weighted by Crippen LogP contribution is -2.51. The summed E-state index contributed by atoms with van der Waals surface area (Å²) in [6.07, 6.45) is 4.04. The topological polar surface area (TPSA) is 85.0 Å². The van der Waals surface area contributed by atoms with Crippen LogP contribution in [0.2, 0.25) is 5.02 Å². The molecule has 4 amide bonds. The van der Waals surface area contributed by atoms with E-state index in [4.69, 9.17) is 11.6 Å². The number of hydrogen-bond acceptors (Lipinski definition) is 4. The van der Waals surface area contributed by atoms with Gasteiger partial charge in [0, 0.05) is 31.6 Å². The van der Waals surface area contributed by atoms with Crippen LogP contribution in [0.3, 0.4) is 0 Å². The van der Waals surface area contributed by atoms with Crippen LogP contribution in [0.5, 0.6) is 0 Å². The van der Waals surface area contributed by atoms with E-state index in [2.05, 4.69) is 15.5 Å². The van der Waals surface area contributed by atoms with Crippen LogP contribution in [0, 0.1) is 0 Å². The highest BCUT2D eigenvalue weighted by Crippen LogP contribution is 2.37. The molecule has 0 aromatic heterocycles. The van der Waals surface area contributed by atoms with Crippen molar-refractivity contribution in [3.8, 4) is 0 Å². The molecule has 2 unspecified atom stereocenters. The number of likely N-dealkylation sites (tertiary alicyclic amines) is 1. The van der Waals surface area contributed by atoms with Crippen LogP contribution in [0.15, 0.2) is 65.9 Å². The number of nitrogens with one attached hydrogen (secondary N) is 2. The van der Waals surface area contributed by atoms with Crippen molar-refractivity contribution in [1.82, 2.24) is 25.3 Å². The molecule has 2 atom stereocenters. The standard InChI is InChI=1S/C29H34ClN5O3/c1-33-24-19-35(28(37)25(24)26(32-29(33)38)21-10-12-22(30)13-11-21)23(18-20-8-4-2-5-9-20)27(36)31-14-17-34-15-6-3-7-16-34/h2,4-5,8-13,23,26H,3,6-7,14-19H2,1H3,(H,31,36)(H,32,38). The lowest BCUT2D eigenvalue weighted by atomic mass is 9.95. The molecule has 9 heteroatoms. The molecule has 1 fully saturated rings. The van der Waals surface area contributed by atoms with Crippen LogP contribution in [0.4, 0.5) is 4.79 Å². The van der Waals surface area contributed by atoms with Crippen molar-refractivity contribution in [2.75, 3.05) is 39.8 Å². The number of piperidine rings is 1. The van der Waals surface area contributed by atoms with Gasteiger partial charge in [-0.05, 0) is 49.2 Å². The quantitative estimate of drug-likeness (QED) is 0.543. The molecule has 1 saturated heterocycles. The number of halogens is 1. The Kier molecular flexibility index (Phi) is 8.00. The summed E-state index contributed by atoms with van der Waals surface area (Å²) in [6.45, 7) is 3.65. The first kappa shape index (κ1) is 26.3. The fourth-order valence-electron chi connectivity index (χ4n) is 5.57. The van der Waals surface area contributed by atoms with Crippen molar-refractivity contribution in [1.29, 1.82) is 0 Å². The van der Waals surface area contributed by atoms with Gasteiger partial charge in [-0.25, -0.2) is 4.79 Å². The Hall–Kier alpha value is -3.36. The third-order valence-corrected chi connectivity index (χ3v) is 7.97. The minimum absolute atomic E-state index is 0.177. The van der Waals surface area contributed by atoms with E-state index >= 15 is 0 Å². The van der Waals surface area contributed by atoms with Crippen LogP contribution in [0.1, 0.15) is 36.4 Å². The Labute approximate surface area is 228 Å². The van der Waals surface area contributed by atoms with Crippen molar-refractivity contribution in [2.45, 2.75) is 37.8 Å². The summed E-state index contributed by atoms with van der Waals surface area (Å²) in [5, 5.41) is 6.61. The van der Waals surface area contributed by atoms with Gasteiger partial charge in [0.15, 0.2) is 0 Å². The monoisotopic (exact) mass is 535 g/mol. The smallest absolute Gasteiger partial charge is 0.322 e. The summed E-state index contributed by atoms with van der Waals surface area (Å²) in [5.74, 6) is -0.414. The number of carbonyl (C=O) groups excluding carboxylic acids is 3. The first-order valence-corrected chi connectivity index (χ1v) is 13.7. The molecule has 0 radical (unpaired) electrons. The number of nitrogens with zero attached hydrogens (tertiary/aromatic N) is 3. The molecule has 3 aliphatic heterocycles. The average Bonchev–Trinajstić information content (AvgIpc) is 3.28. The second-order valence-corrected chi connectivity index (χ2v) is 10.6. The fourth-order valence-corrected chi connectivity index (χ4v) is 5.69. The number of rotatable bonds is 8. The Bertz CT molecular complexity index is 1210. The zero-order valence-corrected chi connectivity index (χ0v) is 22.4. The molecule has 2 aromatic rings. The Balaban J connectivity index is 1.38. The second kappa shape index (κ2) is 11.6. The minimum Gasteiger partial charge on any atom is -0.353 e. The van der Waals surface area contributed by atoms with Gasteiger partial charge in [0.05, 0.1) is 23.9 Å². The molecule has 0 aliphatic carbocycles. The van der Waals surface area contributed by atoms with Crippen LogP contribution in [-0.4, -0.2) is 78.4 Å². The maximum atomic E-state index is 14.0. The first-order chi connectivity index (χ1) is 18.4. The number of carbonyl (C=O) groups is 3. The summed E-state index contributed by atoms with van der Waals surface area (Å²) in [4.78, 5) is 45.9.